The second kappa shape index (κ2) is 2.96. The molecule has 0 radical (unpaired) electrons. The van der Waals surface area contributed by atoms with Gasteiger partial charge >= 0.3 is 0 Å². The quantitative estimate of drug-likeness (QED) is 0.718. The largest absolute Gasteiger partial charge is 0.375 e. The number of hydrogen-bond acceptors (Lipinski definition) is 4. The van der Waals surface area contributed by atoms with E-state index in [2.05, 4.69) is 29.5 Å². The summed E-state index contributed by atoms with van der Waals surface area (Å²) in [6.45, 7) is 5.55. The molecule has 72 valence electrons. The van der Waals surface area contributed by atoms with E-state index in [1.165, 1.54) is 17.8 Å². The number of nitrogens with one attached hydrogen (secondary N) is 1. The minimum absolute atomic E-state index is 0.0358. The van der Waals surface area contributed by atoms with Crippen molar-refractivity contribution < 1.29 is 0 Å². The minimum Gasteiger partial charge on any atom is -0.375 e. The van der Waals surface area contributed by atoms with Gasteiger partial charge in [-0.25, -0.2) is 4.98 Å². The van der Waals surface area contributed by atoms with Crippen molar-refractivity contribution >= 4 is 16.5 Å². The van der Waals surface area contributed by atoms with Crippen molar-refractivity contribution in [2.45, 2.75) is 25.8 Å². The van der Waals surface area contributed by atoms with E-state index in [-0.39, 0.29) is 5.54 Å². The molecular formula is C9H15N3S. The van der Waals surface area contributed by atoms with Crippen molar-refractivity contribution in [1.82, 2.24) is 10.3 Å². The first-order valence-electron chi connectivity index (χ1n) is 4.59. The van der Waals surface area contributed by atoms with Gasteiger partial charge in [-0.05, 0) is 25.8 Å². The molecule has 0 spiro atoms. The van der Waals surface area contributed by atoms with Crippen molar-refractivity contribution in [3.63, 3.8) is 0 Å². The Hall–Kier alpha value is -0.610. The fourth-order valence-electron chi connectivity index (χ4n) is 1.88. The lowest BCUT2D eigenvalue weighted by atomic mass is 9.86. The fourth-order valence-corrected chi connectivity index (χ4v) is 2.56. The minimum atomic E-state index is 0.0358. The van der Waals surface area contributed by atoms with E-state index in [1.54, 1.807) is 0 Å². The summed E-state index contributed by atoms with van der Waals surface area (Å²) in [7, 11) is 0. The molecule has 4 heteroatoms. The van der Waals surface area contributed by atoms with E-state index in [0.29, 0.717) is 11.0 Å². The Morgan fingerprint density at radius 1 is 1.77 bits per heavy atom. The van der Waals surface area contributed by atoms with Gasteiger partial charge in [-0.3, -0.25) is 0 Å². The van der Waals surface area contributed by atoms with Crippen LogP contribution in [0.15, 0.2) is 5.38 Å². The molecule has 3 N–H and O–H groups in total. The van der Waals surface area contributed by atoms with E-state index in [4.69, 9.17) is 5.73 Å². The summed E-state index contributed by atoms with van der Waals surface area (Å²) in [5.41, 5.74) is 6.76. The first-order chi connectivity index (χ1) is 6.13. The predicted molar refractivity (Wildman–Crippen MR) is 55.7 cm³/mol. The molecule has 1 fully saturated rings. The molecule has 2 rings (SSSR count). The summed E-state index contributed by atoms with van der Waals surface area (Å²) in [5.74, 6) is 0.633. The van der Waals surface area contributed by atoms with Crippen LogP contribution in [0.5, 0.6) is 0 Å². The maximum Gasteiger partial charge on any atom is 0.180 e. The second-order valence-electron chi connectivity index (χ2n) is 3.89. The Labute approximate surface area is 82.4 Å². The van der Waals surface area contributed by atoms with E-state index in [0.717, 1.165) is 12.2 Å². The van der Waals surface area contributed by atoms with Crippen LogP contribution in [0.25, 0.3) is 0 Å². The highest BCUT2D eigenvalue weighted by molar-refractivity contribution is 7.13. The zero-order valence-electron chi connectivity index (χ0n) is 8.00. The van der Waals surface area contributed by atoms with Gasteiger partial charge in [-0.2, -0.15) is 0 Å². The number of hydrogen-bond donors (Lipinski definition) is 2. The van der Waals surface area contributed by atoms with Crippen molar-refractivity contribution in [2.75, 3.05) is 12.3 Å². The third kappa shape index (κ3) is 1.34. The molecule has 0 aromatic carbocycles. The van der Waals surface area contributed by atoms with E-state index < -0.39 is 0 Å². The molecule has 2 atom stereocenters. The Morgan fingerprint density at radius 2 is 2.54 bits per heavy atom. The van der Waals surface area contributed by atoms with Gasteiger partial charge in [-0.1, -0.05) is 6.92 Å². The number of nitrogens with two attached hydrogens (primary N) is 1. The molecule has 13 heavy (non-hydrogen) atoms. The maximum absolute atomic E-state index is 5.63. The maximum atomic E-state index is 5.63. The first kappa shape index (κ1) is 8.97. The highest BCUT2D eigenvalue weighted by atomic mass is 32.1. The summed E-state index contributed by atoms with van der Waals surface area (Å²) in [6.07, 6.45) is 1.22. The number of thiazole rings is 1. The molecule has 1 saturated heterocycles. The van der Waals surface area contributed by atoms with Gasteiger partial charge in [0.2, 0.25) is 0 Å². The topological polar surface area (TPSA) is 50.9 Å². The number of nitrogens with zero attached hydrogens (tertiary/aromatic N) is 1. The van der Waals surface area contributed by atoms with Crippen LogP contribution in [0, 0.1) is 5.92 Å². The number of nitrogen functional groups attached to an aromatic ring is 1. The zero-order chi connectivity index (χ0) is 9.47. The predicted octanol–water partition coefficient (Wildman–Crippen LogP) is 1.57. The summed E-state index contributed by atoms with van der Waals surface area (Å²) >= 11 is 1.52. The van der Waals surface area contributed by atoms with Crippen molar-refractivity contribution in [3.8, 4) is 0 Å². The fraction of sp³-hybridized carbons (Fsp3) is 0.667. The zero-order valence-corrected chi connectivity index (χ0v) is 8.82. The average Bonchev–Trinajstić information content (AvgIpc) is 2.62. The normalized spacial score (nSPS) is 33.8. The number of anilines is 1. The van der Waals surface area contributed by atoms with Crippen LogP contribution in [0.3, 0.4) is 0 Å². The highest BCUT2D eigenvalue weighted by Crippen LogP contribution is 2.36. The molecule has 2 unspecified atom stereocenters. The van der Waals surface area contributed by atoms with Crippen LogP contribution in [0.2, 0.25) is 0 Å². The molecule has 3 nitrogen and oxygen atoms in total. The van der Waals surface area contributed by atoms with Gasteiger partial charge in [0.1, 0.15) is 0 Å². The van der Waals surface area contributed by atoms with E-state index in [1.807, 2.05) is 0 Å². The highest BCUT2D eigenvalue weighted by Gasteiger charge is 2.38. The molecule has 0 aliphatic carbocycles. The van der Waals surface area contributed by atoms with Gasteiger partial charge in [0.05, 0.1) is 11.2 Å². The number of aromatic nitrogens is 1. The molecular weight excluding hydrogens is 182 g/mol. The third-order valence-electron chi connectivity index (χ3n) is 3.11. The van der Waals surface area contributed by atoms with Crippen molar-refractivity contribution in [3.05, 3.63) is 11.1 Å². The van der Waals surface area contributed by atoms with Gasteiger partial charge < -0.3 is 11.1 Å². The molecule has 1 aromatic heterocycles. The van der Waals surface area contributed by atoms with E-state index >= 15 is 0 Å². The Balaban J connectivity index is 2.33. The van der Waals surface area contributed by atoms with Crippen LogP contribution in [0.4, 0.5) is 5.13 Å². The summed E-state index contributed by atoms with van der Waals surface area (Å²) in [4.78, 5) is 4.35. The van der Waals surface area contributed by atoms with Crippen molar-refractivity contribution in [2.24, 2.45) is 5.92 Å². The second-order valence-corrected chi connectivity index (χ2v) is 4.78. The first-order valence-corrected chi connectivity index (χ1v) is 5.47. The van der Waals surface area contributed by atoms with Crippen LogP contribution < -0.4 is 11.1 Å². The summed E-state index contributed by atoms with van der Waals surface area (Å²) in [5, 5.41) is 6.22. The molecule has 1 aromatic rings. The van der Waals surface area contributed by atoms with Gasteiger partial charge in [0.25, 0.3) is 0 Å². The lowest BCUT2D eigenvalue weighted by molar-refractivity contribution is 0.327. The lowest BCUT2D eigenvalue weighted by Gasteiger charge is -2.27. The number of rotatable bonds is 1. The Bertz CT molecular complexity index is 310. The standard InChI is InChI=1S/C9H15N3S/c1-6-3-4-11-9(6,2)7-5-13-8(10)12-7/h5-6,11H,3-4H2,1-2H3,(H2,10,12). The van der Waals surface area contributed by atoms with Crippen LogP contribution >= 0.6 is 11.3 Å². The Kier molecular flexibility index (Phi) is 2.04. The molecule has 2 heterocycles. The lowest BCUT2D eigenvalue weighted by Crippen LogP contribution is -2.38. The molecule has 1 aliphatic heterocycles. The molecule has 0 amide bonds. The van der Waals surface area contributed by atoms with Crippen LogP contribution in [-0.4, -0.2) is 11.5 Å². The molecule has 0 bridgehead atoms. The molecule has 1 aliphatic rings. The van der Waals surface area contributed by atoms with Crippen LogP contribution in [-0.2, 0) is 5.54 Å². The molecule has 0 saturated carbocycles. The van der Waals surface area contributed by atoms with E-state index in [9.17, 15) is 0 Å². The SMILES string of the molecule is CC1CCNC1(C)c1csc(N)n1. The van der Waals surface area contributed by atoms with Crippen LogP contribution in [0.1, 0.15) is 26.0 Å². The van der Waals surface area contributed by atoms with Gasteiger partial charge in [0.15, 0.2) is 5.13 Å². The summed E-state index contributed by atoms with van der Waals surface area (Å²) < 4.78 is 0. The van der Waals surface area contributed by atoms with Crippen molar-refractivity contribution in [1.29, 1.82) is 0 Å². The third-order valence-corrected chi connectivity index (χ3v) is 3.78. The smallest absolute Gasteiger partial charge is 0.180 e. The monoisotopic (exact) mass is 197 g/mol. The Morgan fingerprint density at radius 3 is 3.00 bits per heavy atom. The van der Waals surface area contributed by atoms with Gasteiger partial charge in [0, 0.05) is 5.38 Å². The van der Waals surface area contributed by atoms with Gasteiger partial charge in [-0.15, -0.1) is 11.3 Å². The average molecular weight is 197 g/mol. The summed E-state index contributed by atoms with van der Waals surface area (Å²) in [6, 6.07) is 0.